The standard InChI is InChI=1S/C12H9FN2O/c13-10-3-1-9(2-4-10)12-7-11(15-8-16)5-6-14-12/h1-8H,(H,14,15,16). The maximum absolute atomic E-state index is 12.7. The van der Waals surface area contributed by atoms with Gasteiger partial charge in [-0.1, -0.05) is 0 Å². The molecule has 1 amide bonds. The molecule has 0 spiro atoms. The second-order valence-electron chi connectivity index (χ2n) is 3.20. The van der Waals surface area contributed by atoms with E-state index in [1.165, 1.54) is 12.1 Å². The van der Waals surface area contributed by atoms with E-state index in [1.807, 2.05) is 0 Å². The lowest BCUT2D eigenvalue weighted by Gasteiger charge is -2.03. The zero-order valence-electron chi connectivity index (χ0n) is 8.35. The van der Waals surface area contributed by atoms with Crippen LogP contribution in [0.3, 0.4) is 0 Å². The summed E-state index contributed by atoms with van der Waals surface area (Å²) in [4.78, 5) is 14.4. The summed E-state index contributed by atoms with van der Waals surface area (Å²) in [6.07, 6.45) is 2.19. The highest BCUT2D eigenvalue weighted by Gasteiger charge is 2.00. The van der Waals surface area contributed by atoms with Gasteiger partial charge >= 0.3 is 0 Å². The van der Waals surface area contributed by atoms with Crippen LogP contribution in [0.5, 0.6) is 0 Å². The minimum Gasteiger partial charge on any atom is -0.329 e. The van der Waals surface area contributed by atoms with Gasteiger partial charge in [-0.05, 0) is 36.4 Å². The molecule has 0 atom stereocenters. The topological polar surface area (TPSA) is 42.0 Å². The van der Waals surface area contributed by atoms with Crippen LogP contribution in [0.15, 0.2) is 42.6 Å². The molecular formula is C12H9FN2O. The molecule has 2 aromatic rings. The number of benzene rings is 1. The first-order chi connectivity index (χ1) is 7.79. The van der Waals surface area contributed by atoms with E-state index in [4.69, 9.17) is 0 Å². The number of rotatable bonds is 3. The lowest BCUT2D eigenvalue weighted by molar-refractivity contribution is -0.105. The van der Waals surface area contributed by atoms with E-state index in [2.05, 4.69) is 10.3 Å². The maximum Gasteiger partial charge on any atom is 0.211 e. The van der Waals surface area contributed by atoms with Gasteiger partial charge in [0.05, 0.1) is 5.69 Å². The van der Waals surface area contributed by atoms with Gasteiger partial charge in [0.25, 0.3) is 0 Å². The Kier molecular flexibility index (Phi) is 2.91. The van der Waals surface area contributed by atoms with Crippen molar-refractivity contribution in [1.29, 1.82) is 0 Å². The lowest BCUT2D eigenvalue weighted by Crippen LogP contribution is -1.94. The van der Waals surface area contributed by atoms with Crippen LogP contribution in [0.1, 0.15) is 0 Å². The molecule has 0 saturated heterocycles. The Morgan fingerprint density at radius 1 is 1.19 bits per heavy atom. The van der Waals surface area contributed by atoms with Crippen molar-refractivity contribution in [2.75, 3.05) is 5.32 Å². The molecule has 1 aromatic carbocycles. The van der Waals surface area contributed by atoms with Crippen molar-refractivity contribution in [2.45, 2.75) is 0 Å². The number of carbonyl (C=O) groups excluding carboxylic acids is 1. The van der Waals surface area contributed by atoms with Gasteiger partial charge in [-0.25, -0.2) is 4.39 Å². The highest BCUT2D eigenvalue weighted by atomic mass is 19.1. The van der Waals surface area contributed by atoms with Crippen LogP contribution in [0.25, 0.3) is 11.3 Å². The van der Waals surface area contributed by atoms with Crippen LogP contribution in [0.4, 0.5) is 10.1 Å². The first kappa shape index (κ1) is 10.3. The van der Waals surface area contributed by atoms with Crippen molar-refractivity contribution in [3.05, 3.63) is 48.4 Å². The minimum absolute atomic E-state index is 0.286. The number of halogens is 1. The van der Waals surface area contributed by atoms with Gasteiger partial charge in [-0.2, -0.15) is 0 Å². The average Bonchev–Trinajstić information content (AvgIpc) is 2.31. The van der Waals surface area contributed by atoms with E-state index in [-0.39, 0.29) is 5.82 Å². The van der Waals surface area contributed by atoms with E-state index < -0.39 is 0 Å². The second-order valence-corrected chi connectivity index (χ2v) is 3.20. The molecule has 0 aliphatic carbocycles. The molecule has 80 valence electrons. The number of amides is 1. The van der Waals surface area contributed by atoms with Crippen molar-refractivity contribution in [3.63, 3.8) is 0 Å². The molecule has 0 radical (unpaired) electrons. The van der Waals surface area contributed by atoms with Crippen LogP contribution >= 0.6 is 0 Å². The zero-order valence-corrected chi connectivity index (χ0v) is 8.35. The number of hydrogen-bond donors (Lipinski definition) is 1. The normalized spacial score (nSPS) is 9.81. The molecule has 0 aliphatic rings. The molecule has 2 rings (SSSR count). The van der Waals surface area contributed by atoms with E-state index in [0.29, 0.717) is 17.8 Å². The Labute approximate surface area is 92.0 Å². The predicted molar refractivity (Wildman–Crippen MR) is 59.3 cm³/mol. The van der Waals surface area contributed by atoms with Crippen LogP contribution in [-0.4, -0.2) is 11.4 Å². The van der Waals surface area contributed by atoms with E-state index >= 15 is 0 Å². The summed E-state index contributed by atoms with van der Waals surface area (Å²) in [5, 5.41) is 2.53. The van der Waals surface area contributed by atoms with Crippen LogP contribution in [-0.2, 0) is 4.79 Å². The second kappa shape index (κ2) is 4.53. The van der Waals surface area contributed by atoms with Gasteiger partial charge in [0.1, 0.15) is 5.82 Å². The fourth-order valence-electron chi connectivity index (χ4n) is 1.37. The Balaban J connectivity index is 2.36. The van der Waals surface area contributed by atoms with Gasteiger partial charge in [-0.15, -0.1) is 0 Å². The molecule has 0 fully saturated rings. The van der Waals surface area contributed by atoms with Crippen LogP contribution in [0, 0.1) is 5.82 Å². The Morgan fingerprint density at radius 3 is 2.62 bits per heavy atom. The fourth-order valence-corrected chi connectivity index (χ4v) is 1.37. The number of nitrogens with zero attached hydrogens (tertiary/aromatic N) is 1. The van der Waals surface area contributed by atoms with E-state index in [0.717, 1.165) is 5.56 Å². The summed E-state index contributed by atoms with van der Waals surface area (Å²) in [6.45, 7) is 0. The summed E-state index contributed by atoms with van der Waals surface area (Å²) in [7, 11) is 0. The van der Waals surface area contributed by atoms with Gasteiger partial charge in [-0.3, -0.25) is 9.78 Å². The molecule has 4 heteroatoms. The Bertz CT molecular complexity index is 497. The summed E-state index contributed by atoms with van der Waals surface area (Å²) in [6, 6.07) is 9.43. The molecule has 0 saturated carbocycles. The van der Waals surface area contributed by atoms with Gasteiger partial charge in [0.15, 0.2) is 0 Å². The summed E-state index contributed by atoms with van der Waals surface area (Å²) in [5.74, 6) is -0.286. The molecule has 0 unspecified atom stereocenters. The Hall–Kier alpha value is -2.23. The highest BCUT2D eigenvalue weighted by molar-refractivity contribution is 5.74. The molecule has 0 aliphatic heterocycles. The summed E-state index contributed by atoms with van der Waals surface area (Å²) < 4.78 is 12.7. The maximum atomic E-state index is 12.7. The third-order valence-corrected chi connectivity index (χ3v) is 2.13. The monoisotopic (exact) mass is 216 g/mol. The van der Waals surface area contributed by atoms with E-state index in [1.54, 1.807) is 30.5 Å². The zero-order chi connectivity index (χ0) is 11.4. The van der Waals surface area contributed by atoms with Gasteiger partial charge < -0.3 is 5.32 Å². The van der Waals surface area contributed by atoms with Gasteiger partial charge in [0.2, 0.25) is 6.41 Å². The number of pyridine rings is 1. The number of aromatic nitrogens is 1. The third kappa shape index (κ3) is 2.23. The minimum atomic E-state index is -0.286. The number of anilines is 1. The summed E-state index contributed by atoms with van der Waals surface area (Å²) >= 11 is 0. The fraction of sp³-hybridized carbons (Fsp3) is 0. The van der Waals surface area contributed by atoms with Crippen molar-refractivity contribution >= 4 is 12.1 Å². The molecule has 1 N–H and O–H groups in total. The average molecular weight is 216 g/mol. The quantitative estimate of drug-likeness (QED) is 0.801. The van der Waals surface area contributed by atoms with Crippen LogP contribution in [0.2, 0.25) is 0 Å². The Morgan fingerprint density at radius 2 is 1.94 bits per heavy atom. The third-order valence-electron chi connectivity index (χ3n) is 2.13. The van der Waals surface area contributed by atoms with Crippen molar-refractivity contribution in [1.82, 2.24) is 4.98 Å². The predicted octanol–water partition coefficient (Wildman–Crippen LogP) is 2.46. The first-order valence-corrected chi connectivity index (χ1v) is 4.72. The molecule has 1 aromatic heterocycles. The van der Waals surface area contributed by atoms with Crippen molar-refractivity contribution in [2.24, 2.45) is 0 Å². The molecular weight excluding hydrogens is 207 g/mol. The largest absolute Gasteiger partial charge is 0.329 e. The molecule has 16 heavy (non-hydrogen) atoms. The number of nitrogens with one attached hydrogen (secondary N) is 1. The molecule has 0 bridgehead atoms. The van der Waals surface area contributed by atoms with E-state index in [9.17, 15) is 9.18 Å². The van der Waals surface area contributed by atoms with Crippen molar-refractivity contribution < 1.29 is 9.18 Å². The number of carbonyl (C=O) groups is 1. The molecule has 1 heterocycles. The first-order valence-electron chi connectivity index (χ1n) is 4.72. The smallest absolute Gasteiger partial charge is 0.211 e. The SMILES string of the molecule is O=CNc1ccnc(-c2ccc(F)cc2)c1. The van der Waals surface area contributed by atoms with Gasteiger partial charge in [0, 0.05) is 17.4 Å². The van der Waals surface area contributed by atoms with Crippen LogP contribution < -0.4 is 5.32 Å². The van der Waals surface area contributed by atoms with Crippen molar-refractivity contribution in [3.8, 4) is 11.3 Å². The number of hydrogen-bond acceptors (Lipinski definition) is 2. The summed E-state index contributed by atoms with van der Waals surface area (Å²) in [5.41, 5.74) is 2.15. The highest BCUT2D eigenvalue weighted by Crippen LogP contribution is 2.19. The lowest BCUT2D eigenvalue weighted by atomic mass is 10.1. The molecule has 3 nitrogen and oxygen atoms in total.